The number of hydrogen-bond acceptors (Lipinski definition) is 8. The maximum absolute atomic E-state index is 14.2. The maximum Gasteiger partial charge on any atom is 0.338 e. The fourth-order valence-electron chi connectivity index (χ4n) is 4.39. The third kappa shape index (κ3) is 4.80. The predicted octanol–water partition coefficient (Wildman–Crippen LogP) is 3.08. The Balaban J connectivity index is 1.87. The Morgan fingerprint density at radius 1 is 1.31 bits per heavy atom. The van der Waals surface area contributed by atoms with E-state index in [1.54, 1.807) is 19.2 Å². The standard InChI is InChI=1S/C23H23F3N4O4S/c1-12-10-35-19(27-12)18-28-15(9-30-11-23(25,26)8-16(30)20(31)32)17(21(33)34-3)22(2,29-18)13-4-6-14(24)7-5-13/h4-7,10,16H,8-9,11H2,1-3H3,(H,28,29)(H,31,32). The molecule has 1 fully saturated rings. The molecule has 0 radical (unpaired) electrons. The summed E-state index contributed by atoms with van der Waals surface area (Å²) in [5.41, 5.74) is -0.0662. The van der Waals surface area contributed by atoms with Crippen LogP contribution in [-0.4, -0.2) is 64.9 Å². The summed E-state index contributed by atoms with van der Waals surface area (Å²) in [5.74, 6) is -5.58. The summed E-state index contributed by atoms with van der Waals surface area (Å²) in [4.78, 5) is 35.0. The number of nitrogens with one attached hydrogen (secondary N) is 1. The van der Waals surface area contributed by atoms with Crippen molar-refractivity contribution >= 4 is 29.1 Å². The molecule has 1 saturated heterocycles. The lowest BCUT2D eigenvalue weighted by Crippen LogP contribution is -2.46. The van der Waals surface area contributed by atoms with Crippen molar-refractivity contribution in [3.05, 3.63) is 63.0 Å². The number of halogens is 3. The van der Waals surface area contributed by atoms with E-state index in [-0.39, 0.29) is 23.7 Å². The van der Waals surface area contributed by atoms with Crippen molar-refractivity contribution < 1.29 is 32.6 Å². The zero-order valence-electron chi connectivity index (χ0n) is 19.1. The van der Waals surface area contributed by atoms with Crippen molar-refractivity contribution in [1.82, 2.24) is 15.2 Å². The highest BCUT2D eigenvalue weighted by Crippen LogP contribution is 2.40. The number of aliphatic imine (C=N–C) groups is 1. The highest BCUT2D eigenvalue weighted by Gasteiger charge is 2.50. The molecule has 12 heteroatoms. The van der Waals surface area contributed by atoms with Crippen LogP contribution in [0.15, 0.2) is 45.9 Å². The summed E-state index contributed by atoms with van der Waals surface area (Å²) >= 11 is 1.29. The number of amidine groups is 1. The molecule has 2 N–H and O–H groups in total. The number of rotatable bonds is 6. The van der Waals surface area contributed by atoms with Gasteiger partial charge in [-0.05, 0) is 31.5 Å². The number of carbonyl (C=O) groups excluding carboxylic acids is 1. The Kier molecular flexibility index (Phi) is 6.45. The van der Waals surface area contributed by atoms with E-state index in [2.05, 4.69) is 10.3 Å². The highest BCUT2D eigenvalue weighted by molar-refractivity contribution is 7.11. The van der Waals surface area contributed by atoms with Gasteiger partial charge in [-0.1, -0.05) is 12.1 Å². The minimum Gasteiger partial charge on any atom is -0.480 e. The van der Waals surface area contributed by atoms with Crippen LogP contribution in [-0.2, 0) is 19.9 Å². The molecule has 0 aliphatic carbocycles. The van der Waals surface area contributed by atoms with Crippen LogP contribution in [0.3, 0.4) is 0 Å². The van der Waals surface area contributed by atoms with Gasteiger partial charge in [-0.2, -0.15) is 0 Å². The molecular weight excluding hydrogens is 485 g/mol. The number of aliphatic carboxylic acids is 1. The summed E-state index contributed by atoms with van der Waals surface area (Å²) in [5, 5.41) is 14.8. The minimum absolute atomic E-state index is 0.00277. The average molecular weight is 509 g/mol. The topological polar surface area (TPSA) is 104 Å². The smallest absolute Gasteiger partial charge is 0.338 e. The second kappa shape index (κ2) is 9.08. The van der Waals surface area contributed by atoms with Crippen molar-refractivity contribution in [2.45, 2.75) is 37.8 Å². The van der Waals surface area contributed by atoms with Crippen LogP contribution in [0.1, 0.15) is 29.6 Å². The number of carboxylic acids is 1. The van der Waals surface area contributed by atoms with Crippen molar-refractivity contribution in [2.75, 3.05) is 20.2 Å². The third-order valence-corrected chi connectivity index (χ3v) is 6.99. The number of thiazole rings is 1. The van der Waals surface area contributed by atoms with Gasteiger partial charge in [0.2, 0.25) is 0 Å². The molecule has 4 rings (SSSR count). The van der Waals surface area contributed by atoms with Gasteiger partial charge in [0.15, 0.2) is 10.8 Å². The first-order valence-corrected chi connectivity index (χ1v) is 11.5. The molecule has 3 heterocycles. The van der Waals surface area contributed by atoms with Crippen LogP contribution in [0.25, 0.3) is 0 Å². The number of nitrogens with zero attached hydrogens (tertiary/aromatic N) is 3. The van der Waals surface area contributed by atoms with Gasteiger partial charge in [0.05, 0.1) is 19.2 Å². The number of methoxy groups -OCH3 is 1. The van der Waals surface area contributed by atoms with Crippen molar-refractivity contribution in [3.8, 4) is 0 Å². The molecule has 1 aromatic heterocycles. The van der Waals surface area contributed by atoms with E-state index in [0.717, 1.165) is 10.6 Å². The van der Waals surface area contributed by atoms with E-state index in [1.165, 1.54) is 42.7 Å². The molecule has 8 nitrogen and oxygen atoms in total. The second-order valence-electron chi connectivity index (χ2n) is 8.62. The van der Waals surface area contributed by atoms with Crippen molar-refractivity contribution in [3.63, 3.8) is 0 Å². The van der Waals surface area contributed by atoms with E-state index >= 15 is 0 Å². The molecule has 35 heavy (non-hydrogen) atoms. The maximum atomic E-state index is 14.2. The van der Waals surface area contributed by atoms with Crippen LogP contribution in [0.4, 0.5) is 13.2 Å². The summed E-state index contributed by atoms with van der Waals surface area (Å²) in [7, 11) is 1.17. The van der Waals surface area contributed by atoms with E-state index in [1.807, 2.05) is 0 Å². The summed E-state index contributed by atoms with van der Waals surface area (Å²) in [6.45, 7) is 2.32. The van der Waals surface area contributed by atoms with Gasteiger partial charge < -0.3 is 15.2 Å². The minimum atomic E-state index is -3.20. The molecule has 2 aliphatic rings. The Bertz CT molecular complexity index is 1230. The number of hydrogen-bond donors (Lipinski definition) is 2. The Labute approximate surface area is 203 Å². The van der Waals surface area contributed by atoms with Crippen LogP contribution in [0.2, 0.25) is 0 Å². The number of aromatic nitrogens is 1. The van der Waals surface area contributed by atoms with Crippen LogP contribution in [0.5, 0.6) is 0 Å². The second-order valence-corrected chi connectivity index (χ2v) is 9.48. The lowest BCUT2D eigenvalue weighted by molar-refractivity contribution is -0.142. The van der Waals surface area contributed by atoms with Crippen LogP contribution in [0, 0.1) is 12.7 Å². The number of aryl methyl sites for hydroxylation is 1. The van der Waals surface area contributed by atoms with Crippen molar-refractivity contribution in [2.24, 2.45) is 4.99 Å². The fraction of sp³-hybridized carbons (Fsp3) is 0.391. The highest BCUT2D eigenvalue weighted by atomic mass is 32.1. The molecule has 0 saturated carbocycles. The SMILES string of the molecule is COC(=O)C1=C(CN2CC(F)(F)CC2C(=O)O)NC(c2nc(C)cs2)=NC1(C)c1ccc(F)cc1. The van der Waals surface area contributed by atoms with E-state index in [4.69, 9.17) is 9.73 Å². The van der Waals surface area contributed by atoms with Gasteiger partial charge in [0.1, 0.15) is 17.4 Å². The van der Waals surface area contributed by atoms with E-state index < -0.39 is 48.2 Å². The molecule has 1 aromatic carbocycles. The van der Waals surface area contributed by atoms with Crippen LogP contribution >= 0.6 is 11.3 Å². The Morgan fingerprint density at radius 3 is 2.57 bits per heavy atom. The van der Waals surface area contributed by atoms with Gasteiger partial charge >= 0.3 is 11.9 Å². The van der Waals surface area contributed by atoms with Gasteiger partial charge in [0, 0.05) is 29.7 Å². The van der Waals surface area contributed by atoms with Gasteiger partial charge in [-0.15, -0.1) is 11.3 Å². The molecule has 2 aliphatic heterocycles. The predicted molar refractivity (Wildman–Crippen MR) is 122 cm³/mol. The first-order chi connectivity index (χ1) is 16.4. The molecule has 0 amide bonds. The largest absolute Gasteiger partial charge is 0.480 e. The number of carboxylic acid groups (broad SMARTS) is 1. The van der Waals surface area contributed by atoms with Gasteiger partial charge in [0.25, 0.3) is 5.92 Å². The lowest BCUT2D eigenvalue weighted by Gasteiger charge is -2.36. The summed E-state index contributed by atoms with van der Waals surface area (Å²) < 4.78 is 47.1. The fourth-order valence-corrected chi connectivity index (χ4v) is 5.13. The number of benzene rings is 1. The number of ether oxygens (including phenoxy) is 1. The Hall–Kier alpha value is -3.25. The number of likely N-dealkylation sites (tertiary alicyclic amines) is 1. The average Bonchev–Trinajstić information content (AvgIpc) is 3.35. The number of carbonyl (C=O) groups is 2. The monoisotopic (exact) mass is 508 g/mol. The van der Waals surface area contributed by atoms with Crippen LogP contribution < -0.4 is 5.32 Å². The van der Waals surface area contributed by atoms with Crippen molar-refractivity contribution in [1.29, 1.82) is 0 Å². The molecule has 2 unspecified atom stereocenters. The first-order valence-electron chi connectivity index (χ1n) is 10.7. The molecule has 0 spiro atoms. The molecule has 2 atom stereocenters. The molecule has 186 valence electrons. The van der Waals surface area contributed by atoms with E-state index in [0.29, 0.717) is 10.6 Å². The van der Waals surface area contributed by atoms with Gasteiger partial charge in [-0.3, -0.25) is 9.69 Å². The van der Waals surface area contributed by atoms with Gasteiger partial charge in [-0.25, -0.2) is 27.9 Å². The third-order valence-electron chi connectivity index (χ3n) is 6.02. The molecule has 0 bridgehead atoms. The molecular formula is C23H23F3N4O4S. The van der Waals surface area contributed by atoms with E-state index in [9.17, 15) is 27.9 Å². The number of alkyl halides is 2. The zero-order chi connectivity index (χ0) is 25.5. The number of esters is 1. The summed E-state index contributed by atoms with van der Waals surface area (Å²) in [6, 6.07) is 3.95. The Morgan fingerprint density at radius 2 is 2.00 bits per heavy atom. The molecule has 2 aromatic rings. The zero-order valence-corrected chi connectivity index (χ0v) is 20.0. The first kappa shape index (κ1) is 24.9. The normalized spacial score (nSPS) is 24.2. The quantitative estimate of drug-likeness (QED) is 0.578. The lowest BCUT2D eigenvalue weighted by atomic mass is 9.82. The summed E-state index contributed by atoms with van der Waals surface area (Å²) in [6.07, 6.45) is -0.842.